The van der Waals surface area contributed by atoms with Gasteiger partial charge in [0, 0.05) is 21.8 Å². The average Bonchev–Trinajstić information content (AvgIpc) is 2.77. The molecule has 0 aliphatic heterocycles. The van der Waals surface area contributed by atoms with Gasteiger partial charge < -0.3 is 10.5 Å². The zero-order valence-electron chi connectivity index (χ0n) is 11.6. The Morgan fingerprint density at radius 3 is 2.80 bits per heavy atom. The molecule has 5 nitrogen and oxygen atoms in total. The van der Waals surface area contributed by atoms with Gasteiger partial charge in [0.25, 0.3) is 0 Å². The van der Waals surface area contributed by atoms with E-state index >= 15 is 0 Å². The number of benzene rings is 1. The SMILES string of the molecule is COc1ccc(Br)cc1CSc1nnc(N)n1C(C)C. The van der Waals surface area contributed by atoms with Gasteiger partial charge in [-0.3, -0.25) is 4.57 Å². The molecule has 0 saturated carbocycles. The molecule has 0 radical (unpaired) electrons. The molecule has 0 unspecified atom stereocenters. The number of hydrogen-bond donors (Lipinski definition) is 1. The van der Waals surface area contributed by atoms with Crippen molar-refractivity contribution in [2.45, 2.75) is 30.8 Å². The second kappa shape index (κ2) is 6.49. The van der Waals surface area contributed by atoms with Gasteiger partial charge >= 0.3 is 0 Å². The molecule has 2 aromatic rings. The molecule has 0 fully saturated rings. The van der Waals surface area contributed by atoms with Gasteiger partial charge in [-0.05, 0) is 32.0 Å². The van der Waals surface area contributed by atoms with E-state index in [9.17, 15) is 0 Å². The van der Waals surface area contributed by atoms with Crippen molar-refractivity contribution in [3.8, 4) is 5.75 Å². The maximum absolute atomic E-state index is 5.84. The molecule has 108 valence electrons. The second-order valence-electron chi connectivity index (χ2n) is 4.55. The van der Waals surface area contributed by atoms with Gasteiger partial charge in [0.05, 0.1) is 7.11 Å². The van der Waals surface area contributed by atoms with E-state index in [2.05, 4.69) is 40.0 Å². The quantitative estimate of drug-likeness (QED) is 0.830. The number of ether oxygens (including phenoxy) is 1. The topological polar surface area (TPSA) is 66.0 Å². The molecule has 1 aromatic carbocycles. The fourth-order valence-corrected chi connectivity index (χ4v) is 3.34. The number of thioether (sulfide) groups is 1. The minimum atomic E-state index is 0.233. The predicted molar refractivity (Wildman–Crippen MR) is 85.1 cm³/mol. The van der Waals surface area contributed by atoms with Crippen molar-refractivity contribution in [1.29, 1.82) is 0 Å². The van der Waals surface area contributed by atoms with Crippen LogP contribution in [0.3, 0.4) is 0 Å². The number of nitrogen functional groups attached to an aromatic ring is 1. The Morgan fingerprint density at radius 2 is 2.15 bits per heavy atom. The second-order valence-corrected chi connectivity index (χ2v) is 6.41. The fraction of sp³-hybridized carbons (Fsp3) is 0.385. The maximum Gasteiger partial charge on any atom is 0.222 e. The number of rotatable bonds is 5. The highest BCUT2D eigenvalue weighted by molar-refractivity contribution is 9.10. The van der Waals surface area contributed by atoms with Crippen LogP contribution < -0.4 is 10.5 Å². The third-order valence-corrected chi connectivity index (χ3v) is 4.29. The van der Waals surface area contributed by atoms with Crippen molar-refractivity contribution in [1.82, 2.24) is 14.8 Å². The summed E-state index contributed by atoms with van der Waals surface area (Å²) in [6.07, 6.45) is 0. The van der Waals surface area contributed by atoms with Crippen LogP contribution in [0.5, 0.6) is 5.75 Å². The van der Waals surface area contributed by atoms with Crippen LogP contribution in [0.25, 0.3) is 0 Å². The summed E-state index contributed by atoms with van der Waals surface area (Å²) in [4.78, 5) is 0. The van der Waals surface area contributed by atoms with Crippen molar-refractivity contribution in [2.24, 2.45) is 0 Å². The molecule has 0 spiro atoms. The first-order chi connectivity index (χ1) is 9.52. The Bertz CT molecular complexity index is 600. The summed E-state index contributed by atoms with van der Waals surface area (Å²) >= 11 is 5.07. The van der Waals surface area contributed by atoms with Gasteiger partial charge in [0.15, 0.2) is 5.16 Å². The molecule has 0 amide bonds. The van der Waals surface area contributed by atoms with Gasteiger partial charge in [-0.2, -0.15) is 0 Å². The standard InChI is InChI=1S/C13H17BrN4OS/c1-8(2)18-12(15)16-17-13(18)20-7-9-6-10(14)4-5-11(9)19-3/h4-6,8H,7H2,1-3H3,(H2,15,16). The molecule has 1 heterocycles. The van der Waals surface area contributed by atoms with Crippen molar-refractivity contribution in [3.05, 3.63) is 28.2 Å². The average molecular weight is 357 g/mol. The monoisotopic (exact) mass is 356 g/mol. The van der Waals surface area contributed by atoms with E-state index in [0.717, 1.165) is 26.7 Å². The predicted octanol–water partition coefficient (Wildman–Crippen LogP) is 3.50. The molecule has 2 N–H and O–H groups in total. The van der Waals surface area contributed by atoms with Crippen molar-refractivity contribution in [2.75, 3.05) is 12.8 Å². The third kappa shape index (κ3) is 3.27. The minimum Gasteiger partial charge on any atom is -0.496 e. The van der Waals surface area contributed by atoms with E-state index in [0.29, 0.717) is 5.95 Å². The lowest BCUT2D eigenvalue weighted by molar-refractivity contribution is 0.411. The molecule has 0 bridgehead atoms. The van der Waals surface area contributed by atoms with Crippen LogP contribution in [0.2, 0.25) is 0 Å². The van der Waals surface area contributed by atoms with Gasteiger partial charge in [-0.15, -0.1) is 10.2 Å². The lowest BCUT2D eigenvalue weighted by Gasteiger charge is -2.12. The molecule has 0 saturated heterocycles. The van der Waals surface area contributed by atoms with Crippen LogP contribution in [0.15, 0.2) is 27.8 Å². The van der Waals surface area contributed by atoms with Crippen LogP contribution in [0, 0.1) is 0 Å². The number of methoxy groups -OCH3 is 1. The van der Waals surface area contributed by atoms with E-state index in [-0.39, 0.29) is 6.04 Å². The Balaban J connectivity index is 2.19. The summed E-state index contributed by atoms with van der Waals surface area (Å²) in [7, 11) is 1.67. The highest BCUT2D eigenvalue weighted by Crippen LogP contribution is 2.31. The fourth-order valence-electron chi connectivity index (χ4n) is 1.87. The molecule has 7 heteroatoms. The first-order valence-corrected chi connectivity index (χ1v) is 7.96. The van der Waals surface area contributed by atoms with Gasteiger partial charge in [-0.1, -0.05) is 27.7 Å². The first kappa shape index (κ1) is 15.2. The van der Waals surface area contributed by atoms with Crippen LogP contribution in [-0.2, 0) is 5.75 Å². The van der Waals surface area contributed by atoms with Crippen LogP contribution in [0.1, 0.15) is 25.5 Å². The third-order valence-electron chi connectivity index (χ3n) is 2.81. The largest absolute Gasteiger partial charge is 0.496 e. The molecule has 20 heavy (non-hydrogen) atoms. The van der Waals surface area contributed by atoms with Gasteiger partial charge in [0.1, 0.15) is 5.75 Å². The zero-order valence-corrected chi connectivity index (χ0v) is 14.0. The van der Waals surface area contributed by atoms with E-state index in [4.69, 9.17) is 10.5 Å². The lowest BCUT2D eigenvalue weighted by atomic mass is 10.2. The summed E-state index contributed by atoms with van der Waals surface area (Å²) in [5.41, 5.74) is 6.94. The highest BCUT2D eigenvalue weighted by Gasteiger charge is 2.14. The minimum absolute atomic E-state index is 0.233. The normalized spacial score (nSPS) is 11.1. The van der Waals surface area contributed by atoms with Crippen molar-refractivity contribution < 1.29 is 4.74 Å². The number of nitrogens with two attached hydrogens (primary N) is 1. The van der Waals surface area contributed by atoms with Crippen molar-refractivity contribution >= 4 is 33.6 Å². The molecule has 1 aromatic heterocycles. The maximum atomic E-state index is 5.84. The molecule has 0 aliphatic rings. The number of anilines is 1. The summed E-state index contributed by atoms with van der Waals surface area (Å²) in [6, 6.07) is 6.19. The van der Waals surface area contributed by atoms with Crippen molar-refractivity contribution in [3.63, 3.8) is 0 Å². The number of halogens is 1. The van der Waals surface area contributed by atoms with Crippen LogP contribution in [0.4, 0.5) is 5.95 Å². The smallest absolute Gasteiger partial charge is 0.222 e. The van der Waals surface area contributed by atoms with E-state index in [1.54, 1.807) is 18.9 Å². The van der Waals surface area contributed by atoms with E-state index < -0.39 is 0 Å². The number of nitrogens with zero attached hydrogens (tertiary/aromatic N) is 3. The van der Waals surface area contributed by atoms with Crippen LogP contribution >= 0.6 is 27.7 Å². The Morgan fingerprint density at radius 1 is 1.40 bits per heavy atom. The molecular formula is C13H17BrN4OS. The molecule has 0 atom stereocenters. The summed E-state index contributed by atoms with van der Waals surface area (Å²) in [6.45, 7) is 4.12. The van der Waals surface area contributed by atoms with Gasteiger partial charge in [-0.25, -0.2) is 0 Å². The Kier molecular flexibility index (Phi) is 4.93. The van der Waals surface area contributed by atoms with E-state index in [1.165, 1.54) is 0 Å². The molecule has 0 aliphatic carbocycles. The van der Waals surface area contributed by atoms with E-state index in [1.807, 2.05) is 22.8 Å². The number of hydrogen-bond acceptors (Lipinski definition) is 5. The van der Waals surface area contributed by atoms with Gasteiger partial charge in [0.2, 0.25) is 5.95 Å². The summed E-state index contributed by atoms with van der Waals surface area (Å²) in [5.74, 6) is 2.06. The summed E-state index contributed by atoms with van der Waals surface area (Å²) < 4.78 is 8.32. The Hall–Kier alpha value is -1.21. The first-order valence-electron chi connectivity index (χ1n) is 6.18. The van der Waals surface area contributed by atoms with Crippen LogP contribution in [-0.4, -0.2) is 21.9 Å². The molecular weight excluding hydrogens is 340 g/mol. The number of aromatic nitrogens is 3. The zero-order chi connectivity index (χ0) is 14.7. The lowest BCUT2D eigenvalue weighted by Crippen LogP contribution is -2.07. The summed E-state index contributed by atoms with van der Waals surface area (Å²) in [5, 5.41) is 8.89. The Labute approximate surface area is 131 Å². The molecule has 2 rings (SSSR count). The highest BCUT2D eigenvalue weighted by atomic mass is 79.9.